The Labute approximate surface area is 173 Å². The number of pyridine rings is 1. The number of aromatic amines is 1. The van der Waals surface area contributed by atoms with Crippen LogP contribution in [0.5, 0.6) is 5.75 Å². The number of hydrogen-bond donors (Lipinski definition) is 4. The van der Waals surface area contributed by atoms with Crippen LogP contribution in [0, 0.1) is 5.82 Å². The van der Waals surface area contributed by atoms with E-state index >= 15 is 0 Å². The summed E-state index contributed by atoms with van der Waals surface area (Å²) in [4.78, 5) is 37.5. The molecule has 0 saturated heterocycles. The van der Waals surface area contributed by atoms with Crippen LogP contribution in [0.1, 0.15) is 26.3 Å². The van der Waals surface area contributed by atoms with Gasteiger partial charge < -0.3 is 25.7 Å². The third-order valence-electron chi connectivity index (χ3n) is 4.20. The number of carboxylic acids is 2. The number of aromatic carboxylic acids is 2. The molecule has 0 aliphatic carbocycles. The first-order valence-corrected chi connectivity index (χ1v) is 8.76. The third-order valence-corrected chi connectivity index (χ3v) is 4.44. The maximum Gasteiger partial charge on any atom is 0.342 e. The lowest BCUT2D eigenvalue weighted by atomic mass is 9.95. The average molecular weight is 433 g/mol. The molecule has 0 bridgehead atoms. The van der Waals surface area contributed by atoms with Crippen molar-refractivity contribution in [1.82, 2.24) is 4.98 Å². The summed E-state index contributed by atoms with van der Waals surface area (Å²) in [7, 11) is 0. The Hall–Kier alpha value is -3.85. The zero-order valence-corrected chi connectivity index (χ0v) is 15.9. The molecule has 10 heteroatoms. The van der Waals surface area contributed by atoms with Gasteiger partial charge in [-0.3, -0.25) is 4.79 Å². The normalized spacial score (nSPS) is 10.6. The first kappa shape index (κ1) is 20.9. The molecule has 1 heterocycles. The Bertz CT molecular complexity index is 1220. The van der Waals surface area contributed by atoms with E-state index in [0.717, 1.165) is 6.07 Å². The minimum Gasteiger partial charge on any atom is -0.489 e. The van der Waals surface area contributed by atoms with E-state index in [-0.39, 0.29) is 34.1 Å². The van der Waals surface area contributed by atoms with Crippen molar-refractivity contribution in [2.45, 2.75) is 6.61 Å². The number of nitrogen functional groups attached to an aromatic ring is 1. The van der Waals surface area contributed by atoms with Gasteiger partial charge in [0.1, 0.15) is 35.1 Å². The lowest BCUT2D eigenvalue weighted by Crippen LogP contribution is -2.24. The average Bonchev–Trinajstić information content (AvgIpc) is 2.66. The summed E-state index contributed by atoms with van der Waals surface area (Å²) < 4.78 is 19.5. The number of nitrogens with two attached hydrogens (primary N) is 1. The van der Waals surface area contributed by atoms with Crippen molar-refractivity contribution in [1.29, 1.82) is 0 Å². The molecule has 0 fully saturated rings. The SMILES string of the molecule is Nc1[nH]c(=O)c(C(=O)O)c(-c2cccc(OCc3ccc(Cl)cc3F)c2)c1C(=O)O. The smallest absolute Gasteiger partial charge is 0.342 e. The molecule has 0 radical (unpaired) electrons. The lowest BCUT2D eigenvalue weighted by molar-refractivity contribution is 0.0695. The highest BCUT2D eigenvalue weighted by molar-refractivity contribution is 6.30. The molecule has 2 aromatic carbocycles. The van der Waals surface area contributed by atoms with Crippen molar-refractivity contribution in [2.24, 2.45) is 0 Å². The molecule has 0 spiro atoms. The van der Waals surface area contributed by atoms with Gasteiger partial charge in [0.25, 0.3) is 5.56 Å². The van der Waals surface area contributed by atoms with Crippen LogP contribution >= 0.6 is 11.6 Å². The quantitative estimate of drug-likeness (QED) is 0.467. The van der Waals surface area contributed by atoms with Gasteiger partial charge >= 0.3 is 11.9 Å². The first-order valence-electron chi connectivity index (χ1n) is 8.38. The Kier molecular flexibility index (Phi) is 5.74. The summed E-state index contributed by atoms with van der Waals surface area (Å²) in [6.07, 6.45) is 0. The summed E-state index contributed by atoms with van der Waals surface area (Å²) in [6, 6.07) is 9.80. The predicted octanol–water partition coefficient (Wildman–Crippen LogP) is 3.39. The first-order chi connectivity index (χ1) is 14.2. The second-order valence-corrected chi connectivity index (χ2v) is 6.59. The second kappa shape index (κ2) is 8.26. The molecule has 3 aromatic rings. The molecular weight excluding hydrogens is 419 g/mol. The van der Waals surface area contributed by atoms with Gasteiger partial charge in [-0.15, -0.1) is 0 Å². The molecule has 30 heavy (non-hydrogen) atoms. The molecule has 5 N–H and O–H groups in total. The molecule has 154 valence electrons. The number of benzene rings is 2. The molecular formula is C20H14ClFN2O6. The van der Waals surface area contributed by atoms with Crippen molar-refractivity contribution in [2.75, 3.05) is 5.73 Å². The summed E-state index contributed by atoms with van der Waals surface area (Å²) in [5.41, 5.74) is 3.18. The van der Waals surface area contributed by atoms with Crippen molar-refractivity contribution in [3.05, 3.63) is 80.3 Å². The van der Waals surface area contributed by atoms with Gasteiger partial charge in [-0.05, 0) is 29.8 Å². The van der Waals surface area contributed by atoms with Crippen molar-refractivity contribution in [3.8, 4) is 16.9 Å². The van der Waals surface area contributed by atoms with E-state index in [0.29, 0.717) is 0 Å². The summed E-state index contributed by atoms with van der Waals surface area (Å²) in [5, 5.41) is 19.2. The number of aromatic nitrogens is 1. The Balaban J connectivity index is 2.06. The Morgan fingerprint density at radius 3 is 2.43 bits per heavy atom. The molecule has 1 aromatic heterocycles. The fourth-order valence-corrected chi connectivity index (χ4v) is 3.04. The monoisotopic (exact) mass is 432 g/mol. The van der Waals surface area contributed by atoms with Gasteiger partial charge in [-0.25, -0.2) is 14.0 Å². The molecule has 8 nitrogen and oxygen atoms in total. The lowest BCUT2D eigenvalue weighted by Gasteiger charge is -2.13. The largest absolute Gasteiger partial charge is 0.489 e. The van der Waals surface area contributed by atoms with E-state index in [1.165, 1.54) is 36.4 Å². The Morgan fingerprint density at radius 1 is 1.10 bits per heavy atom. The zero-order valence-electron chi connectivity index (χ0n) is 15.1. The van der Waals surface area contributed by atoms with E-state index in [9.17, 15) is 29.0 Å². The molecule has 3 rings (SSSR count). The maximum absolute atomic E-state index is 13.9. The minimum absolute atomic E-state index is 0.0803. The number of carboxylic acid groups (broad SMARTS) is 2. The molecule has 0 unspecified atom stereocenters. The second-order valence-electron chi connectivity index (χ2n) is 6.16. The zero-order chi connectivity index (χ0) is 22.0. The van der Waals surface area contributed by atoms with Crippen LogP contribution in [-0.4, -0.2) is 27.1 Å². The van der Waals surface area contributed by atoms with Crippen molar-refractivity contribution in [3.63, 3.8) is 0 Å². The van der Waals surface area contributed by atoms with Crippen LogP contribution in [0.15, 0.2) is 47.3 Å². The van der Waals surface area contributed by atoms with E-state index in [4.69, 9.17) is 22.1 Å². The van der Waals surface area contributed by atoms with E-state index in [1.807, 2.05) is 4.98 Å². The van der Waals surface area contributed by atoms with E-state index in [2.05, 4.69) is 0 Å². The maximum atomic E-state index is 13.9. The van der Waals surface area contributed by atoms with Crippen LogP contribution in [0.2, 0.25) is 5.02 Å². The molecule has 0 saturated carbocycles. The number of ether oxygens (including phenoxy) is 1. The fraction of sp³-hybridized carbons (Fsp3) is 0.0500. The standard InChI is InChI=1S/C20H14ClFN2O6/c21-11-5-4-10(13(22)7-11)8-30-12-3-1-2-9(6-12)14-15(19(26)27)17(23)24-18(25)16(14)20(28)29/h1-7H,8H2,(H,26,27)(H,28,29)(H3,23,24,25). The highest BCUT2D eigenvalue weighted by atomic mass is 35.5. The van der Waals surface area contributed by atoms with Crippen LogP contribution in [-0.2, 0) is 6.61 Å². The van der Waals surface area contributed by atoms with Gasteiger partial charge in [-0.1, -0.05) is 29.8 Å². The third kappa shape index (κ3) is 4.11. The highest BCUT2D eigenvalue weighted by Gasteiger charge is 2.26. The van der Waals surface area contributed by atoms with Crippen LogP contribution in [0.3, 0.4) is 0 Å². The van der Waals surface area contributed by atoms with Gasteiger partial charge in [-0.2, -0.15) is 0 Å². The molecule has 0 amide bonds. The van der Waals surface area contributed by atoms with Gasteiger partial charge in [0.2, 0.25) is 0 Å². The number of H-pyrrole nitrogens is 1. The van der Waals surface area contributed by atoms with Crippen molar-refractivity contribution < 1.29 is 28.9 Å². The summed E-state index contributed by atoms with van der Waals surface area (Å²) in [6.45, 7) is -0.165. The molecule has 0 atom stereocenters. The van der Waals surface area contributed by atoms with Crippen molar-refractivity contribution >= 4 is 29.4 Å². The summed E-state index contributed by atoms with van der Waals surface area (Å²) in [5.74, 6) is -4.00. The van der Waals surface area contributed by atoms with Crippen LogP contribution in [0.25, 0.3) is 11.1 Å². The van der Waals surface area contributed by atoms with Gasteiger partial charge in [0.15, 0.2) is 0 Å². The minimum atomic E-state index is -1.62. The molecule has 0 aliphatic heterocycles. The number of hydrogen-bond acceptors (Lipinski definition) is 5. The predicted molar refractivity (Wildman–Crippen MR) is 107 cm³/mol. The van der Waals surface area contributed by atoms with E-state index < -0.39 is 40.3 Å². The van der Waals surface area contributed by atoms with Crippen LogP contribution in [0.4, 0.5) is 10.2 Å². The topological polar surface area (TPSA) is 143 Å². The Morgan fingerprint density at radius 2 is 1.80 bits per heavy atom. The van der Waals surface area contributed by atoms with E-state index in [1.54, 1.807) is 0 Å². The summed E-state index contributed by atoms with van der Waals surface area (Å²) >= 11 is 5.71. The number of rotatable bonds is 6. The highest BCUT2D eigenvalue weighted by Crippen LogP contribution is 2.31. The van der Waals surface area contributed by atoms with Gasteiger partial charge in [0.05, 0.1) is 0 Å². The van der Waals surface area contributed by atoms with Crippen LogP contribution < -0.4 is 16.0 Å². The fourth-order valence-electron chi connectivity index (χ4n) is 2.88. The number of anilines is 1. The molecule has 0 aliphatic rings. The number of halogens is 2. The number of nitrogens with one attached hydrogen (secondary N) is 1. The number of carbonyl (C=O) groups is 2. The van der Waals surface area contributed by atoms with Gasteiger partial charge in [0, 0.05) is 16.1 Å².